The molecular formula is C22H24ClF3N4O2. The van der Waals surface area contributed by atoms with E-state index in [2.05, 4.69) is 15.3 Å². The van der Waals surface area contributed by atoms with E-state index < -0.39 is 11.7 Å². The fraction of sp³-hybridized carbons (Fsp3) is 0.455. The van der Waals surface area contributed by atoms with Crippen molar-refractivity contribution in [3.63, 3.8) is 0 Å². The molecule has 32 heavy (non-hydrogen) atoms. The molecule has 3 rings (SSSR count). The molecule has 0 aliphatic carbocycles. The quantitative estimate of drug-likeness (QED) is 0.552. The van der Waals surface area contributed by atoms with E-state index in [1.54, 1.807) is 12.1 Å². The summed E-state index contributed by atoms with van der Waals surface area (Å²) < 4.78 is 38.6. The van der Waals surface area contributed by atoms with Gasteiger partial charge in [-0.3, -0.25) is 9.59 Å². The van der Waals surface area contributed by atoms with Crippen molar-refractivity contribution in [2.45, 2.75) is 45.2 Å². The number of aromatic nitrogens is 2. The number of nitrogens with one attached hydrogen (secondary N) is 1. The lowest BCUT2D eigenvalue weighted by Crippen LogP contribution is -2.37. The number of rotatable bonds is 7. The molecule has 2 aromatic rings. The third-order valence-corrected chi connectivity index (χ3v) is 5.55. The van der Waals surface area contributed by atoms with Gasteiger partial charge in [-0.05, 0) is 43.4 Å². The molecule has 0 bridgehead atoms. The number of ketones is 1. The highest BCUT2D eigenvalue weighted by molar-refractivity contribution is 6.33. The van der Waals surface area contributed by atoms with Gasteiger partial charge < -0.3 is 10.2 Å². The number of amides is 1. The molecule has 1 N–H and O–H groups in total. The van der Waals surface area contributed by atoms with Gasteiger partial charge in [0.1, 0.15) is 11.6 Å². The predicted octanol–water partition coefficient (Wildman–Crippen LogP) is 5.38. The maximum atomic E-state index is 12.9. The summed E-state index contributed by atoms with van der Waals surface area (Å²) >= 11 is 6.09. The second-order valence-electron chi connectivity index (χ2n) is 7.84. The van der Waals surface area contributed by atoms with Crippen LogP contribution >= 0.6 is 11.6 Å². The molecule has 2 aromatic heterocycles. The molecular weight excluding hydrogens is 445 g/mol. The van der Waals surface area contributed by atoms with Crippen molar-refractivity contribution in [3.05, 3.63) is 46.7 Å². The first-order valence-electron chi connectivity index (χ1n) is 10.4. The van der Waals surface area contributed by atoms with Crippen molar-refractivity contribution in [3.8, 4) is 0 Å². The van der Waals surface area contributed by atoms with Gasteiger partial charge in [0.05, 0.1) is 10.6 Å². The maximum Gasteiger partial charge on any atom is 0.417 e. The smallest absolute Gasteiger partial charge is 0.355 e. The normalized spacial score (nSPS) is 16.7. The van der Waals surface area contributed by atoms with Crippen LogP contribution in [0.3, 0.4) is 0 Å². The Bertz CT molecular complexity index is 984. The van der Waals surface area contributed by atoms with Gasteiger partial charge in [-0.2, -0.15) is 13.2 Å². The van der Waals surface area contributed by atoms with Gasteiger partial charge in [0.15, 0.2) is 5.78 Å². The van der Waals surface area contributed by atoms with Crippen LogP contribution in [0, 0.1) is 5.92 Å². The summed E-state index contributed by atoms with van der Waals surface area (Å²) in [6.07, 6.45) is 0.678. The molecule has 1 amide bonds. The van der Waals surface area contributed by atoms with Crippen LogP contribution in [0.2, 0.25) is 5.02 Å². The van der Waals surface area contributed by atoms with E-state index in [1.165, 1.54) is 6.20 Å². The highest BCUT2D eigenvalue weighted by Gasteiger charge is 2.32. The zero-order valence-corrected chi connectivity index (χ0v) is 18.3. The van der Waals surface area contributed by atoms with Gasteiger partial charge in [0, 0.05) is 43.9 Å². The highest BCUT2D eigenvalue weighted by Crippen LogP contribution is 2.35. The van der Waals surface area contributed by atoms with E-state index in [-0.39, 0.29) is 29.1 Å². The van der Waals surface area contributed by atoms with Crippen molar-refractivity contribution >= 4 is 34.9 Å². The molecule has 1 saturated heterocycles. The fourth-order valence-corrected chi connectivity index (χ4v) is 4.01. The Hall–Kier alpha value is -2.68. The Morgan fingerprint density at radius 3 is 2.75 bits per heavy atom. The number of pyridine rings is 2. The number of anilines is 2. The number of alkyl halides is 3. The molecule has 10 heteroatoms. The summed E-state index contributed by atoms with van der Waals surface area (Å²) in [7, 11) is 0. The number of hydrogen-bond donors (Lipinski definition) is 1. The Morgan fingerprint density at radius 2 is 2.06 bits per heavy atom. The Balaban J connectivity index is 1.65. The summed E-state index contributed by atoms with van der Waals surface area (Å²) in [4.78, 5) is 34.4. The van der Waals surface area contributed by atoms with Crippen LogP contribution < -0.4 is 10.2 Å². The van der Waals surface area contributed by atoms with Gasteiger partial charge >= 0.3 is 6.18 Å². The van der Waals surface area contributed by atoms with Crippen LogP contribution in [0.4, 0.5) is 24.8 Å². The summed E-state index contributed by atoms with van der Waals surface area (Å²) in [6.45, 7) is 2.97. The molecule has 3 heterocycles. The SMILES string of the molecule is CCCC(=O)Nc1cc(C(=O)C[C@@H]2CCCN(c3ncc(C(F)(F)F)cc3Cl)C2)ccn1. The molecule has 6 nitrogen and oxygen atoms in total. The molecule has 1 aliphatic heterocycles. The molecule has 1 aliphatic rings. The zero-order valence-electron chi connectivity index (χ0n) is 17.6. The first-order valence-corrected chi connectivity index (χ1v) is 10.8. The van der Waals surface area contributed by atoms with E-state index in [0.717, 1.165) is 25.1 Å². The average Bonchev–Trinajstić information content (AvgIpc) is 2.73. The van der Waals surface area contributed by atoms with E-state index in [9.17, 15) is 22.8 Å². The van der Waals surface area contributed by atoms with Gasteiger partial charge in [-0.25, -0.2) is 9.97 Å². The van der Waals surface area contributed by atoms with Crippen molar-refractivity contribution in [1.29, 1.82) is 0 Å². The number of nitrogens with zero attached hydrogens (tertiary/aromatic N) is 3. The van der Waals surface area contributed by atoms with Crippen LogP contribution in [0.25, 0.3) is 0 Å². The molecule has 1 atom stereocenters. The standard InChI is InChI=1S/C22H24ClF3N4O2/c1-2-4-20(32)29-19-10-15(6-7-27-19)18(31)9-14-5-3-8-30(13-14)21-17(23)11-16(12-28-21)22(24,25)26/h6-7,10-12,14H,2-5,8-9,13H2,1H3,(H,27,29,32)/t14-/m0/s1. The van der Waals surface area contributed by atoms with Crippen LogP contribution in [0.15, 0.2) is 30.6 Å². The summed E-state index contributed by atoms with van der Waals surface area (Å²) in [5.74, 6) is 0.384. The summed E-state index contributed by atoms with van der Waals surface area (Å²) in [5, 5.41) is 2.62. The molecule has 1 fully saturated rings. The van der Waals surface area contributed by atoms with Crippen LogP contribution in [-0.4, -0.2) is 34.7 Å². The van der Waals surface area contributed by atoms with Gasteiger partial charge in [0.25, 0.3) is 0 Å². The van der Waals surface area contributed by atoms with Crippen LogP contribution in [0.5, 0.6) is 0 Å². The lowest BCUT2D eigenvalue weighted by molar-refractivity contribution is -0.137. The van der Waals surface area contributed by atoms with Crippen molar-refractivity contribution in [2.24, 2.45) is 5.92 Å². The predicted molar refractivity (Wildman–Crippen MR) is 116 cm³/mol. The topological polar surface area (TPSA) is 75.2 Å². The largest absolute Gasteiger partial charge is 0.417 e. The molecule has 0 unspecified atom stereocenters. The number of Topliss-reactive ketones (excluding diaryl/α,β-unsaturated/α-hetero) is 1. The van der Waals surface area contributed by atoms with Crippen molar-refractivity contribution in [2.75, 3.05) is 23.3 Å². The van der Waals surface area contributed by atoms with E-state index >= 15 is 0 Å². The summed E-state index contributed by atoms with van der Waals surface area (Å²) in [6, 6.07) is 4.04. The highest BCUT2D eigenvalue weighted by atomic mass is 35.5. The number of hydrogen-bond acceptors (Lipinski definition) is 5. The number of carbonyl (C=O) groups excluding carboxylic acids is 2. The van der Waals surface area contributed by atoms with Gasteiger partial charge in [-0.1, -0.05) is 18.5 Å². The van der Waals surface area contributed by atoms with Gasteiger partial charge in [-0.15, -0.1) is 0 Å². The molecule has 0 saturated carbocycles. The van der Waals surface area contributed by atoms with Crippen LogP contribution in [0.1, 0.15) is 54.9 Å². The van der Waals surface area contributed by atoms with Gasteiger partial charge in [0.2, 0.25) is 5.91 Å². The third-order valence-electron chi connectivity index (χ3n) is 5.27. The molecule has 172 valence electrons. The number of halogens is 4. The van der Waals surface area contributed by atoms with E-state index in [4.69, 9.17) is 11.6 Å². The van der Waals surface area contributed by atoms with Crippen LogP contribution in [-0.2, 0) is 11.0 Å². The Morgan fingerprint density at radius 1 is 1.28 bits per heavy atom. The summed E-state index contributed by atoms with van der Waals surface area (Å²) in [5.41, 5.74) is -0.441. The first kappa shape index (κ1) is 24.0. The molecule has 0 radical (unpaired) electrons. The Kier molecular flexibility index (Phi) is 7.71. The fourth-order valence-electron chi connectivity index (χ4n) is 3.73. The minimum Gasteiger partial charge on any atom is -0.355 e. The molecule has 0 spiro atoms. The monoisotopic (exact) mass is 468 g/mol. The second-order valence-corrected chi connectivity index (χ2v) is 8.24. The minimum absolute atomic E-state index is 0.00251. The van der Waals surface area contributed by atoms with Crippen molar-refractivity contribution in [1.82, 2.24) is 9.97 Å². The van der Waals surface area contributed by atoms with E-state index in [0.29, 0.717) is 43.1 Å². The lowest BCUT2D eigenvalue weighted by atomic mass is 9.91. The first-order chi connectivity index (χ1) is 15.2. The van der Waals surface area contributed by atoms with Crippen molar-refractivity contribution < 1.29 is 22.8 Å². The number of carbonyl (C=O) groups is 2. The van der Waals surface area contributed by atoms with E-state index in [1.807, 2.05) is 11.8 Å². The average molecular weight is 469 g/mol. The lowest BCUT2D eigenvalue weighted by Gasteiger charge is -2.34. The maximum absolute atomic E-state index is 12.9. The second kappa shape index (κ2) is 10.3. The zero-order chi connectivity index (χ0) is 23.3. The Labute approximate surface area is 189 Å². The number of piperidine rings is 1. The third kappa shape index (κ3) is 6.18. The minimum atomic E-state index is -4.51. The molecule has 0 aromatic carbocycles.